The predicted octanol–water partition coefficient (Wildman–Crippen LogP) is 1.90. The lowest BCUT2D eigenvalue weighted by molar-refractivity contribution is -0.132. The molecule has 1 aromatic rings. The minimum absolute atomic E-state index is 0.00903. The summed E-state index contributed by atoms with van der Waals surface area (Å²) in [7, 11) is 0. The van der Waals surface area contributed by atoms with E-state index in [1.165, 1.54) is 0 Å². The molecule has 1 aliphatic heterocycles. The van der Waals surface area contributed by atoms with Crippen LogP contribution in [-0.4, -0.2) is 34.3 Å². The molecule has 4 nitrogen and oxygen atoms in total. The smallest absolute Gasteiger partial charge is 0.227 e. The molecule has 1 N–H and O–H groups in total. The maximum absolute atomic E-state index is 12.3. The highest BCUT2D eigenvalue weighted by atomic mass is 16.3. The van der Waals surface area contributed by atoms with Crippen molar-refractivity contribution in [2.75, 3.05) is 6.54 Å². The number of hydrogen-bond donors (Lipinski definition) is 1. The normalized spacial score (nSPS) is 18.6. The van der Waals surface area contributed by atoms with Crippen molar-refractivity contribution in [1.29, 1.82) is 0 Å². The van der Waals surface area contributed by atoms with Crippen molar-refractivity contribution in [3.05, 3.63) is 29.8 Å². The first-order valence-electron chi connectivity index (χ1n) is 6.63. The number of para-hydroxylation sites is 1. The van der Waals surface area contributed by atoms with Crippen molar-refractivity contribution in [1.82, 2.24) is 4.90 Å². The lowest BCUT2D eigenvalue weighted by atomic mass is 10.1. The Labute approximate surface area is 113 Å². The van der Waals surface area contributed by atoms with Crippen molar-refractivity contribution >= 4 is 11.7 Å². The standard InChI is InChI=1S/C15H19NO3/c1-11(17)9-13-6-4-8-16(13)15(19)10-12-5-2-3-7-14(12)18/h2-3,5,7,13,18H,4,6,8-10H2,1H3. The number of phenols is 1. The van der Waals surface area contributed by atoms with Gasteiger partial charge in [-0.3, -0.25) is 9.59 Å². The van der Waals surface area contributed by atoms with Crippen molar-refractivity contribution in [2.24, 2.45) is 0 Å². The van der Waals surface area contributed by atoms with E-state index in [2.05, 4.69) is 0 Å². The maximum atomic E-state index is 12.3. The van der Waals surface area contributed by atoms with E-state index in [4.69, 9.17) is 0 Å². The molecule has 1 unspecified atom stereocenters. The third-order valence-corrected chi connectivity index (χ3v) is 3.55. The Morgan fingerprint density at radius 3 is 2.79 bits per heavy atom. The fourth-order valence-electron chi connectivity index (χ4n) is 2.63. The molecule has 0 aromatic heterocycles. The van der Waals surface area contributed by atoms with Crippen molar-refractivity contribution < 1.29 is 14.7 Å². The average molecular weight is 261 g/mol. The third-order valence-electron chi connectivity index (χ3n) is 3.55. The summed E-state index contributed by atoms with van der Waals surface area (Å²) in [4.78, 5) is 25.3. The van der Waals surface area contributed by atoms with Crippen molar-refractivity contribution in [3.8, 4) is 5.75 Å². The number of ketones is 1. The first kappa shape index (κ1) is 13.6. The maximum Gasteiger partial charge on any atom is 0.227 e. The molecule has 2 rings (SSSR count). The Morgan fingerprint density at radius 2 is 2.11 bits per heavy atom. The Balaban J connectivity index is 2.03. The fourth-order valence-corrected chi connectivity index (χ4v) is 2.63. The van der Waals surface area contributed by atoms with Crippen LogP contribution in [-0.2, 0) is 16.0 Å². The second-order valence-corrected chi connectivity index (χ2v) is 5.09. The first-order chi connectivity index (χ1) is 9.08. The van der Waals surface area contributed by atoms with E-state index in [1.807, 2.05) is 0 Å². The number of nitrogens with zero attached hydrogens (tertiary/aromatic N) is 1. The summed E-state index contributed by atoms with van der Waals surface area (Å²) in [6, 6.07) is 6.91. The minimum atomic E-state index is -0.00903. The van der Waals surface area contributed by atoms with Gasteiger partial charge in [0.2, 0.25) is 5.91 Å². The zero-order valence-corrected chi connectivity index (χ0v) is 11.1. The van der Waals surface area contributed by atoms with E-state index in [0.29, 0.717) is 18.5 Å². The molecule has 0 bridgehead atoms. The highest BCUT2D eigenvalue weighted by Crippen LogP contribution is 2.23. The summed E-state index contributed by atoms with van der Waals surface area (Å²) >= 11 is 0. The summed E-state index contributed by atoms with van der Waals surface area (Å²) in [5.41, 5.74) is 0.640. The van der Waals surface area contributed by atoms with Gasteiger partial charge >= 0.3 is 0 Å². The van der Waals surface area contributed by atoms with Gasteiger partial charge in [-0.1, -0.05) is 18.2 Å². The van der Waals surface area contributed by atoms with Gasteiger partial charge < -0.3 is 10.0 Å². The van der Waals surface area contributed by atoms with Crippen molar-refractivity contribution in [2.45, 2.75) is 38.6 Å². The van der Waals surface area contributed by atoms with Crippen LogP contribution in [0, 0.1) is 0 Å². The largest absolute Gasteiger partial charge is 0.508 e. The molecule has 102 valence electrons. The highest BCUT2D eigenvalue weighted by molar-refractivity contribution is 5.82. The molecule has 1 aromatic carbocycles. The molecule has 0 aliphatic carbocycles. The van der Waals surface area contributed by atoms with Gasteiger partial charge in [-0.25, -0.2) is 0 Å². The number of Topliss-reactive ketones (excluding diaryl/α,β-unsaturated/α-hetero) is 1. The lowest BCUT2D eigenvalue weighted by Gasteiger charge is -2.24. The summed E-state index contributed by atoms with van der Waals surface area (Å²) < 4.78 is 0. The highest BCUT2D eigenvalue weighted by Gasteiger charge is 2.29. The Kier molecular flexibility index (Phi) is 4.20. The molecule has 1 saturated heterocycles. The third kappa shape index (κ3) is 3.34. The van der Waals surface area contributed by atoms with E-state index in [-0.39, 0.29) is 29.9 Å². The van der Waals surface area contributed by atoms with Gasteiger partial charge in [0.1, 0.15) is 11.5 Å². The zero-order valence-electron chi connectivity index (χ0n) is 11.1. The summed E-state index contributed by atoms with van der Waals surface area (Å²) in [5, 5.41) is 9.69. The Morgan fingerprint density at radius 1 is 1.37 bits per heavy atom. The zero-order chi connectivity index (χ0) is 13.8. The number of amides is 1. The van der Waals surface area contributed by atoms with Gasteiger partial charge in [-0.05, 0) is 25.8 Å². The molecule has 1 fully saturated rings. The van der Waals surface area contributed by atoms with Gasteiger partial charge in [0.15, 0.2) is 0 Å². The molecule has 0 radical (unpaired) electrons. The van der Waals surface area contributed by atoms with E-state index in [0.717, 1.165) is 12.8 Å². The Hall–Kier alpha value is -1.84. The number of hydrogen-bond acceptors (Lipinski definition) is 3. The van der Waals surface area contributed by atoms with Crippen LogP contribution in [0.25, 0.3) is 0 Å². The molecule has 1 heterocycles. The number of carbonyl (C=O) groups excluding carboxylic acids is 2. The van der Waals surface area contributed by atoms with Crippen LogP contribution in [0.4, 0.5) is 0 Å². The first-order valence-corrected chi connectivity index (χ1v) is 6.63. The summed E-state index contributed by atoms with van der Waals surface area (Å²) in [6.07, 6.45) is 2.48. The van der Waals surface area contributed by atoms with Crippen LogP contribution in [0.5, 0.6) is 5.75 Å². The number of benzene rings is 1. The second-order valence-electron chi connectivity index (χ2n) is 5.09. The Bertz CT molecular complexity index is 484. The van der Waals surface area contributed by atoms with E-state index >= 15 is 0 Å². The number of carbonyl (C=O) groups is 2. The number of aromatic hydroxyl groups is 1. The minimum Gasteiger partial charge on any atom is -0.508 e. The van der Waals surface area contributed by atoms with Crippen LogP contribution < -0.4 is 0 Å². The van der Waals surface area contributed by atoms with Gasteiger partial charge in [-0.2, -0.15) is 0 Å². The molecule has 1 amide bonds. The number of phenolic OH excluding ortho intramolecular Hbond substituents is 1. The monoisotopic (exact) mass is 261 g/mol. The molecule has 4 heteroatoms. The molecule has 0 saturated carbocycles. The lowest BCUT2D eigenvalue weighted by Crippen LogP contribution is -2.37. The fraction of sp³-hybridized carbons (Fsp3) is 0.467. The molecular weight excluding hydrogens is 242 g/mol. The molecule has 19 heavy (non-hydrogen) atoms. The quantitative estimate of drug-likeness (QED) is 0.900. The molecule has 1 atom stereocenters. The van der Waals surface area contributed by atoms with Gasteiger partial charge in [-0.15, -0.1) is 0 Å². The molecule has 1 aliphatic rings. The van der Waals surface area contributed by atoms with Crippen LogP contribution in [0.15, 0.2) is 24.3 Å². The van der Waals surface area contributed by atoms with Crippen molar-refractivity contribution in [3.63, 3.8) is 0 Å². The van der Waals surface area contributed by atoms with Crippen LogP contribution in [0.1, 0.15) is 31.7 Å². The molecule has 0 spiro atoms. The van der Waals surface area contributed by atoms with E-state index in [9.17, 15) is 14.7 Å². The van der Waals surface area contributed by atoms with Crippen LogP contribution in [0.3, 0.4) is 0 Å². The topological polar surface area (TPSA) is 57.6 Å². The average Bonchev–Trinajstić information content (AvgIpc) is 2.79. The van der Waals surface area contributed by atoms with Gasteiger partial charge in [0, 0.05) is 24.6 Å². The summed E-state index contributed by atoms with van der Waals surface area (Å²) in [6.45, 7) is 2.27. The van der Waals surface area contributed by atoms with E-state index in [1.54, 1.807) is 36.1 Å². The number of rotatable bonds is 4. The molecular formula is C15H19NO3. The van der Waals surface area contributed by atoms with Gasteiger partial charge in [0.25, 0.3) is 0 Å². The summed E-state index contributed by atoms with van der Waals surface area (Å²) in [5.74, 6) is 0.260. The second kappa shape index (κ2) is 5.87. The predicted molar refractivity (Wildman–Crippen MR) is 71.8 cm³/mol. The van der Waals surface area contributed by atoms with Gasteiger partial charge in [0.05, 0.1) is 6.42 Å². The van der Waals surface area contributed by atoms with Crippen LogP contribution >= 0.6 is 0 Å². The van der Waals surface area contributed by atoms with E-state index < -0.39 is 0 Å². The SMILES string of the molecule is CC(=O)CC1CCCN1C(=O)Cc1ccccc1O. The number of likely N-dealkylation sites (tertiary alicyclic amines) is 1. The van der Waals surface area contributed by atoms with Crippen LogP contribution in [0.2, 0.25) is 0 Å².